The van der Waals surface area contributed by atoms with Gasteiger partial charge in [-0.15, -0.1) is 10.2 Å². The molecule has 3 aromatic rings. The van der Waals surface area contributed by atoms with Gasteiger partial charge in [0.25, 0.3) is 0 Å². The van der Waals surface area contributed by atoms with Crippen LogP contribution < -0.4 is 9.47 Å². The normalized spacial score (nSPS) is 10.5. The molecule has 0 spiro atoms. The van der Waals surface area contributed by atoms with Gasteiger partial charge in [0.1, 0.15) is 0 Å². The van der Waals surface area contributed by atoms with Crippen LogP contribution in [0.2, 0.25) is 0 Å². The number of methoxy groups -OCH3 is 1. The van der Waals surface area contributed by atoms with Crippen LogP contribution in [0.25, 0.3) is 22.9 Å². The number of ether oxygens (including phenoxy) is 2. The van der Waals surface area contributed by atoms with Crippen LogP contribution in [0.1, 0.15) is 6.92 Å². The third kappa shape index (κ3) is 2.76. The van der Waals surface area contributed by atoms with Crippen molar-refractivity contribution in [2.24, 2.45) is 0 Å². The highest BCUT2D eigenvalue weighted by Gasteiger charge is 2.13. The largest absolute Gasteiger partial charge is 0.493 e. The molecule has 0 aliphatic heterocycles. The molecular formula is C16H15N3O3. The summed E-state index contributed by atoms with van der Waals surface area (Å²) >= 11 is 0. The Morgan fingerprint density at radius 3 is 2.36 bits per heavy atom. The Balaban J connectivity index is 1.95. The number of aromatic nitrogens is 3. The van der Waals surface area contributed by atoms with E-state index < -0.39 is 0 Å². The summed E-state index contributed by atoms with van der Waals surface area (Å²) in [4.78, 5) is 3.97. The molecule has 0 N–H and O–H groups in total. The molecule has 0 radical (unpaired) electrons. The van der Waals surface area contributed by atoms with Gasteiger partial charge in [-0.25, -0.2) is 0 Å². The number of hydrogen-bond donors (Lipinski definition) is 0. The van der Waals surface area contributed by atoms with Crippen LogP contribution in [0.15, 0.2) is 47.1 Å². The van der Waals surface area contributed by atoms with E-state index in [0.29, 0.717) is 29.9 Å². The van der Waals surface area contributed by atoms with Crippen molar-refractivity contribution >= 4 is 0 Å². The SMILES string of the molecule is CCOc1cc(-c2nnc(-c3ccncc3)o2)ccc1OC. The summed E-state index contributed by atoms with van der Waals surface area (Å²) in [6, 6.07) is 9.13. The van der Waals surface area contributed by atoms with E-state index in [1.54, 1.807) is 19.5 Å². The van der Waals surface area contributed by atoms with Gasteiger partial charge in [0.15, 0.2) is 11.5 Å². The maximum Gasteiger partial charge on any atom is 0.248 e. The summed E-state index contributed by atoms with van der Waals surface area (Å²) in [5.41, 5.74) is 1.60. The van der Waals surface area contributed by atoms with E-state index in [2.05, 4.69) is 15.2 Å². The second-order valence-electron chi connectivity index (χ2n) is 4.45. The Morgan fingerprint density at radius 1 is 0.955 bits per heavy atom. The van der Waals surface area contributed by atoms with Gasteiger partial charge in [-0.05, 0) is 37.3 Å². The van der Waals surface area contributed by atoms with Gasteiger partial charge in [-0.3, -0.25) is 4.98 Å². The zero-order valence-electron chi connectivity index (χ0n) is 12.3. The van der Waals surface area contributed by atoms with Crippen molar-refractivity contribution < 1.29 is 13.9 Å². The van der Waals surface area contributed by atoms with Crippen LogP contribution in [0.5, 0.6) is 11.5 Å². The Hall–Kier alpha value is -2.89. The van der Waals surface area contributed by atoms with Crippen molar-refractivity contribution in [2.75, 3.05) is 13.7 Å². The molecule has 0 aliphatic carbocycles. The smallest absolute Gasteiger partial charge is 0.248 e. The molecule has 0 saturated heterocycles. The van der Waals surface area contributed by atoms with Gasteiger partial charge < -0.3 is 13.9 Å². The first-order chi connectivity index (χ1) is 10.8. The summed E-state index contributed by atoms with van der Waals surface area (Å²) in [5, 5.41) is 8.15. The van der Waals surface area contributed by atoms with Gasteiger partial charge in [0.05, 0.1) is 13.7 Å². The van der Waals surface area contributed by atoms with Crippen molar-refractivity contribution in [1.29, 1.82) is 0 Å². The summed E-state index contributed by atoms with van der Waals surface area (Å²) in [5.74, 6) is 2.19. The number of pyridine rings is 1. The highest BCUT2D eigenvalue weighted by atomic mass is 16.5. The second kappa shape index (κ2) is 6.26. The lowest BCUT2D eigenvalue weighted by molar-refractivity contribution is 0.311. The molecule has 2 aromatic heterocycles. The second-order valence-corrected chi connectivity index (χ2v) is 4.45. The summed E-state index contributed by atoms with van der Waals surface area (Å²) in [6.45, 7) is 2.46. The van der Waals surface area contributed by atoms with Crippen molar-refractivity contribution in [2.45, 2.75) is 6.92 Å². The van der Waals surface area contributed by atoms with Crippen molar-refractivity contribution in [3.63, 3.8) is 0 Å². The van der Waals surface area contributed by atoms with Crippen LogP contribution >= 0.6 is 0 Å². The van der Waals surface area contributed by atoms with Crippen LogP contribution in [-0.2, 0) is 0 Å². The molecule has 0 saturated carbocycles. The van der Waals surface area contributed by atoms with E-state index in [4.69, 9.17) is 13.9 Å². The standard InChI is InChI=1S/C16H15N3O3/c1-3-21-14-10-12(4-5-13(14)20-2)16-19-18-15(22-16)11-6-8-17-9-7-11/h4-10H,3H2,1-2H3. The first kappa shape index (κ1) is 14.1. The minimum atomic E-state index is 0.426. The van der Waals surface area contributed by atoms with Crippen LogP contribution in [0.4, 0.5) is 0 Å². The minimum absolute atomic E-state index is 0.426. The molecule has 3 rings (SSSR count). The van der Waals surface area contributed by atoms with Gasteiger partial charge in [0.2, 0.25) is 11.8 Å². The lowest BCUT2D eigenvalue weighted by Crippen LogP contribution is -1.95. The van der Waals surface area contributed by atoms with Crippen LogP contribution in [-0.4, -0.2) is 28.9 Å². The van der Waals surface area contributed by atoms with Gasteiger partial charge in [0, 0.05) is 23.5 Å². The molecule has 0 aliphatic rings. The van der Waals surface area contributed by atoms with Gasteiger partial charge in [-0.1, -0.05) is 0 Å². The average Bonchev–Trinajstić information content (AvgIpc) is 3.06. The molecule has 2 heterocycles. The van der Waals surface area contributed by atoms with Crippen molar-refractivity contribution in [1.82, 2.24) is 15.2 Å². The molecule has 0 fully saturated rings. The minimum Gasteiger partial charge on any atom is -0.493 e. The zero-order chi connectivity index (χ0) is 15.4. The molecule has 6 heteroatoms. The fraction of sp³-hybridized carbons (Fsp3) is 0.188. The first-order valence-electron chi connectivity index (χ1n) is 6.87. The number of rotatable bonds is 5. The molecule has 0 unspecified atom stereocenters. The summed E-state index contributed by atoms with van der Waals surface area (Å²) in [7, 11) is 1.60. The monoisotopic (exact) mass is 297 g/mol. The predicted octanol–water partition coefficient (Wildman–Crippen LogP) is 3.21. The molecule has 1 aromatic carbocycles. The van der Waals surface area contributed by atoms with E-state index >= 15 is 0 Å². The van der Waals surface area contributed by atoms with Crippen molar-refractivity contribution in [3.05, 3.63) is 42.7 Å². The lowest BCUT2D eigenvalue weighted by Gasteiger charge is -2.09. The summed E-state index contributed by atoms with van der Waals surface area (Å²) < 4.78 is 16.5. The quantitative estimate of drug-likeness (QED) is 0.720. The number of benzene rings is 1. The Kier molecular flexibility index (Phi) is 4.00. The third-order valence-corrected chi connectivity index (χ3v) is 3.06. The Labute approximate surface area is 127 Å². The fourth-order valence-electron chi connectivity index (χ4n) is 2.03. The van der Waals surface area contributed by atoms with E-state index in [1.807, 2.05) is 37.3 Å². The molecule has 6 nitrogen and oxygen atoms in total. The van der Waals surface area contributed by atoms with Gasteiger partial charge in [-0.2, -0.15) is 0 Å². The predicted molar refractivity (Wildman–Crippen MR) is 80.7 cm³/mol. The highest BCUT2D eigenvalue weighted by molar-refractivity contribution is 5.61. The third-order valence-electron chi connectivity index (χ3n) is 3.06. The maximum absolute atomic E-state index is 5.72. The van der Waals surface area contributed by atoms with Crippen LogP contribution in [0, 0.1) is 0 Å². The van der Waals surface area contributed by atoms with Crippen molar-refractivity contribution in [3.8, 4) is 34.4 Å². The Bertz CT molecular complexity index is 756. The van der Waals surface area contributed by atoms with Gasteiger partial charge >= 0.3 is 0 Å². The summed E-state index contributed by atoms with van der Waals surface area (Å²) in [6.07, 6.45) is 3.36. The molecular weight excluding hydrogens is 282 g/mol. The molecule has 112 valence electrons. The van der Waals surface area contributed by atoms with E-state index in [0.717, 1.165) is 11.1 Å². The molecule has 0 bridgehead atoms. The lowest BCUT2D eigenvalue weighted by atomic mass is 10.2. The molecule has 0 atom stereocenters. The van der Waals surface area contributed by atoms with E-state index in [-0.39, 0.29) is 0 Å². The topological polar surface area (TPSA) is 70.3 Å². The van der Waals surface area contributed by atoms with E-state index in [1.165, 1.54) is 0 Å². The molecule has 0 amide bonds. The first-order valence-corrected chi connectivity index (χ1v) is 6.87. The Morgan fingerprint density at radius 2 is 1.68 bits per heavy atom. The van der Waals surface area contributed by atoms with E-state index in [9.17, 15) is 0 Å². The highest BCUT2D eigenvalue weighted by Crippen LogP contribution is 2.32. The van der Waals surface area contributed by atoms with Crippen LogP contribution in [0.3, 0.4) is 0 Å². The average molecular weight is 297 g/mol. The maximum atomic E-state index is 5.72. The molecule has 22 heavy (non-hydrogen) atoms. The number of nitrogens with zero attached hydrogens (tertiary/aromatic N) is 3. The number of hydrogen-bond acceptors (Lipinski definition) is 6. The fourth-order valence-corrected chi connectivity index (χ4v) is 2.03. The zero-order valence-corrected chi connectivity index (χ0v) is 12.3.